The van der Waals surface area contributed by atoms with Crippen molar-refractivity contribution in [3.8, 4) is 0 Å². The highest BCUT2D eigenvalue weighted by atomic mass is 16.6. The Labute approximate surface area is 113 Å². The lowest BCUT2D eigenvalue weighted by molar-refractivity contribution is -0.384. The molecular formula is C14H20N2O3. The van der Waals surface area contributed by atoms with Crippen molar-refractivity contribution in [1.82, 2.24) is 0 Å². The van der Waals surface area contributed by atoms with Gasteiger partial charge in [0, 0.05) is 25.3 Å². The van der Waals surface area contributed by atoms with Crippen LogP contribution in [0.4, 0.5) is 11.4 Å². The molecule has 1 fully saturated rings. The van der Waals surface area contributed by atoms with Gasteiger partial charge in [0.25, 0.3) is 5.69 Å². The highest BCUT2D eigenvalue weighted by Crippen LogP contribution is 2.37. The van der Waals surface area contributed by atoms with Crippen LogP contribution in [0, 0.1) is 17.0 Å². The minimum absolute atomic E-state index is 0.181. The quantitative estimate of drug-likeness (QED) is 0.656. The van der Waals surface area contributed by atoms with Crippen molar-refractivity contribution in [2.24, 2.45) is 0 Å². The Hall–Kier alpha value is -1.62. The molecule has 1 aliphatic rings. The average molecular weight is 264 g/mol. The van der Waals surface area contributed by atoms with E-state index in [1.807, 2.05) is 13.0 Å². The third-order valence-corrected chi connectivity index (χ3v) is 3.77. The van der Waals surface area contributed by atoms with Gasteiger partial charge in [-0.1, -0.05) is 12.1 Å². The first-order chi connectivity index (χ1) is 9.15. The zero-order valence-electron chi connectivity index (χ0n) is 11.2. The van der Waals surface area contributed by atoms with Crippen LogP contribution in [-0.2, 0) is 0 Å². The van der Waals surface area contributed by atoms with Gasteiger partial charge in [-0.25, -0.2) is 0 Å². The third kappa shape index (κ3) is 2.87. The fourth-order valence-electron chi connectivity index (χ4n) is 2.92. The molecule has 0 saturated carbocycles. The van der Waals surface area contributed by atoms with E-state index >= 15 is 0 Å². The van der Waals surface area contributed by atoms with Crippen LogP contribution in [0.25, 0.3) is 0 Å². The number of anilines is 1. The third-order valence-electron chi connectivity index (χ3n) is 3.77. The Bertz CT molecular complexity index is 462. The predicted octanol–water partition coefficient (Wildman–Crippen LogP) is 2.64. The number of nitro benzene ring substituents is 1. The first-order valence-corrected chi connectivity index (χ1v) is 6.76. The molecule has 1 atom stereocenters. The summed E-state index contributed by atoms with van der Waals surface area (Å²) >= 11 is 0. The summed E-state index contributed by atoms with van der Waals surface area (Å²) < 4.78 is 0. The molecule has 0 bridgehead atoms. The maximum absolute atomic E-state index is 11.2. The van der Waals surface area contributed by atoms with Gasteiger partial charge in [0.2, 0.25) is 0 Å². The lowest BCUT2D eigenvalue weighted by atomic mass is 10.1. The number of para-hydroxylation sites is 1. The largest absolute Gasteiger partial charge is 0.396 e. The molecule has 104 valence electrons. The number of hydrogen-bond donors (Lipinski definition) is 1. The molecule has 1 aliphatic heterocycles. The van der Waals surface area contributed by atoms with E-state index in [-0.39, 0.29) is 17.2 Å². The van der Waals surface area contributed by atoms with E-state index in [1.165, 1.54) is 0 Å². The second-order valence-corrected chi connectivity index (χ2v) is 5.06. The Morgan fingerprint density at radius 1 is 1.53 bits per heavy atom. The summed E-state index contributed by atoms with van der Waals surface area (Å²) in [5, 5.41) is 20.1. The molecule has 0 radical (unpaired) electrons. The van der Waals surface area contributed by atoms with E-state index < -0.39 is 0 Å². The van der Waals surface area contributed by atoms with Gasteiger partial charge >= 0.3 is 0 Å². The molecule has 1 saturated heterocycles. The van der Waals surface area contributed by atoms with Crippen LogP contribution in [-0.4, -0.2) is 29.2 Å². The molecule has 5 nitrogen and oxygen atoms in total. The second kappa shape index (κ2) is 6.02. The number of hydrogen-bond acceptors (Lipinski definition) is 4. The van der Waals surface area contributed by atoms with E-state index in [1.54, 1.807) is 12.1 Å². The molecule has 1 aromatic rings. The highest BCUT2D eigenvalue weighted by molar-refractivity contribution is 5.68. The van der Waals surface area contributed by atoms with Crippen molar-refractivity contribution in [2.75, 3.05) is 18.1 Å². The first kappa shape index (κ1) is 13.8. The smallest absolute Gasteiger partial charge is 0.292 e. The van der Waals surface area contributed by atoms with Gasteiger partial charge in [-0.05, 0) is 38.2 Å². The first-order valence-electron chi connectivity index (χ1n) is 6.76. The number of aliphatic hydroxyl groups is 1. The van der Waals surface area contributed by atoms with Crippen molar-refractivity contribution in [3.05, 3.63) is 33.9 Å². The maximum atomic E-state index is 11.2. The summed E-state index contributed by atoms with van der Waals surface area (Å²) in [6, 6.07) is 5.54. The zero-order valence-corrected chi connectivity index (χ0v) is 11.2. The van der Waals surface area contributed by atoms with E-state index in [2.05, 4.69) is 4.90 Å². The zero-order chi connectivity index (χ0) is 13.8. The van der Waals surface area contributed by atoms with Gasteiger partial charge in [0.15, 0.2) is 0 Å². The molecule has 1 unspecified atom stereocenters. The topological polar surface area (TPSA) is 66.6 Å². The van der Waals surface area contributed by atoms with Crippen LogP contribution in [0.3, 0.4) is 0 Å². The highest BCUT2D eigenvalue weighted by Gasteiger charge is 2.30. The number of aliphatic hydroxyl groups excluding tert-OH is 1. The van der Waals surface area contributed by atoms with Gasteiger partial charge in [0.05, 0.1) is 4.92 Å². The van der Waals surface area contributed by atoms with E-state index in [0.717, 1.165) is 43.5 Å². The number of aryl methyl sites for hydroxylation is 1. The fourth-order valence-corrected chi connectivity index (χ4v) is 2.92. The Morgan fingerprint density at radius 2 is 2.32 bits per heavy atom. The molecule has 19 heavy (non-hydrogen) atoms. The molecule has 1 heterocycles. The summed E-state index contributed by atoms with van der Waals surface area (Å²) in [5.41, 5.74) is 1.90. The summed E-state index contributed by atoms with van der Waals surface area (Å²) in [6.07, 6.45) is 3.75. The normalized spacial score (nSPS) is 18.8. The van der Waals surface area contributed by atoms with E-state index in [9.17, 15) is 10.1 Å². The number of nitrogens with zero attached hydrogens (tertiary/aromatic N) is 2. The Morgan fingerprint density at radius 3 is 3.00 bits per heavy atom. The van der Waals surface area contributed by atoms with Crippen LogP contribution >= 0.6 is 0 Å². The molecule has 0 amide bonds. The van der Waals surface area contributed by atoms with Gasteiger partial charge in [-0.2, -0.15) is 0 Å². The van der Waals surface area contributed by atoms with Crippen LogP contribution in [0.1, 0.15) is 31.2 Å². The van der Waals surface area contributed by atoms with Crippen LogP contribution in [0.15, 0.2) is 18.2 Å². The minimum Gasteiger partial charge on any atom is -0.396 e. The number of rotatable bonds is 5. The molecule has 0 aromatic heterocycles. The maximum Gasteiger partial charge on any atom is 0.292 e. The Balaban J connectivity index is 2.32. The SMILES string of the molecule is Cc1cccc([N+](=O)[O-])c1N1CCCC1CCCO. The van der Waals surface area contributed by atoms with Crippen LogP contribution in [0.5, 0.6) is 0 Å². The summed E-state index contributed by atoms with van der Waals surface area (Å²) in [4.78, 5) is 13.0. The van der Waals surface area contributed by atoms with Crippen molar-refractivity contribution in [2.45, 2.75) is 38.6 Å². The molecule has 1 aromatic carbocycles. The molecular weight excluding hydrogens is 244 g/mol. The van der Waals surface area contributed by atoms with Gasteiger partial charge in [-0.3, -0.25) is 10.1 Å². The van der Waals surface area contributed by atoms with Crippen molar-refractivity contribution in [3.63, 3.8) is 0 Å². The molecule has 0 spiro atoms. The number of benzene rings is 1. The Kier molecular flexibility index (Phi) is 4.37. The van der Waals surface area contributed by atoms with Gasteiger partial charge in [-0.15, -0.1) is 0 Å². The van der Waals surface area contributed by atoms with E-state index in [4.69, 9.17) is 5.11 Å². The second-order valence-electron chi connectivity index (χ2n) is 5.06. The van der Waals surface area contributed by atoms with Gasteiger partial charge < -0.3 is 10.0 Å². The predicted molar refractivity (Wildman–Crippen MR) is 74.5 cm³/mol. The van der Waals surface area contributed by atoms with Crippen LogP contribution in [0.2, 0.25) is 0 Å². The molecule has 5 heteroatoms. The number of nitro groups is 1. The lowest BCUT2D eigenvalue weighted by Gasteiger charge is -2.27. The summed E-state index contributed by atoms with van der Waals surface area (Å²) in [7, 11) is 0. The van der Waals surface area contributed by atoms with Crippen LogP contribution < -0.4 is 4.90 Å². The standard InChI is InChI=1S/C14H20N2O3/c1-11-5-2-8-13(16(18)19)14(11)15-9-3-6-12(15)7-4-10-17/h2,5,8,12,17H,3-4,6-7,9-10H2,1H3. The summed E-state index contributed by atoms with van der Waals surface area (Å²) in [5.74, 6) is 0. The molecule has 2 rings (SSSR count). The minimum atomic E-state index is -0.302. The van der Waals surface area contributed by atoms with Crippen molar-refractivity contribution >= 4 is 11.4 Å². The van der Waals surface area contributed by atoms with Crippen molar-refractivity contribution < 1.29 is 10.0 Å². The molecule has 0 aliphatic carbocycles. The van der Waals surface area contributed by atoms with Gasteiger partial charge in [0.1, 0.15) is 5.69 Å². The fraction of sp³-hybridized carbons (Fsp3) is 0.571. The van der Waals surface area contributed by atoms with E-state index in [0.29, 0.717) is 6.04 Å². The monoisotopic (exact) mass is 264 g/mol. The van der Waals surface area contributed by atoms with Crippen molar-refractivity contribution in [1.29, 1.82) is 0 Å². The lowest BCUT2D eigenvalue weighted by Crippen LogP contribution is -2.30. The molecule has 1 N–H and O–H groups in total. The summed E-state index contributed by atoms with van der Waals surface area (Å²) in [6.45, 7) is 2.96. The average Bonchev–Trinajstić information content (AvgIpc) is 2.83.